The molecule has 34 heavy (non-hydrogen) atoms. The van der Waals surface area contributed by atoms with Gasteiger partial charge in [-0.25, -0.2) is 0 Å². The maximum Gasteiger partial charge on any atom is 0.0514 e. The number of halogens is 2. The van der Waals surface area contributed by atoms with E-state index in [2.05, 4.69) is 55.0 Å². The Morgan fingerprint density at radius 2 is 1.85 bits per heavy atom. The number of hydrogen-bond acceptors (Lipinski definition) is 2. The third-order valence-electron chi connectivity index (χ3n) is 7.58. The Labute approximate surface area is 216 Å². The van der Waals surface area contributed by atoms with Crippen LogP contribution in [0.15, 0.2) is 78.1 Å². The summed E-state index contributed by atoms with van der Waals surface area (Å²) in [7, 11) is 0. The van der Waals surface area contributed by atoms with Crippen molar-refractivity contribution in [1.29, 1.82) is 0 Å². The van der Waals surface area contributed by atoms with Gasteiger partial charge in [0.1, 0.15) is 0 Å². The summed E-state index contributed by atoms with van der Waals surface area (Å²) in [5.41, 5.74) is 5.13. The molecule has 1 saturated heterocycles. The van der Waals surface area contributed by atoms with Crippen molar-refractivity contribution in [2.45, 2.75) is 71.8 Å². The molecule has 2 fully saturated rings. The van der Waals surface area contributed by atoms with Gasteiger partial charge in [-0.05, 0) is 73.8 Å². The van der Waals surface area contributed by atoms with Crippen LogP contribution in [0, 0.1) is 11.3 Å². The van der Waals surface area contributed by atoms with Crippen LogP contribution in [0.1, 0.15) is 76.8 Å². The molecule has 0 amide bonds. The minimum absolute atomic E-state index is 0.284. The zero-order chi connectivity index (χ0) is 24.7. The molecule has 1 saturated carbocycles. The van der Waals surface area contributed by atoms with Gasteiger partial charge in [-0.1, -0.05) is 87.0 Å². The molecule has 2 aromatic rings. The molecule has 5 rings (SSSR count). The molecule has 2 aromatic carbocycles. The molecule has 4 atom stereocenters. The fraction of sp³-hybridized carbons (Fsp3) is 0.433. The van der Waals surface area contributed by atoms with Gasteiger partial charge in [-0.2, -0.15) is 0 Å². The molecule has 4 heteroatoms. The first-order valence-electron chi connectivity index (χ1n) is 12.6. The fourth-order valence-corrected chi connectivity index (χ4v) is 6.26. The molecule has 182 valence electrons. The van der Waals surface area contributed by atoms with Gasteiger partial charge in [0.25, 0.3) is 0 Å². The van der Waals surface area contributed by atoms with Crippen molar-refractivity contribution in [2.75, 3.05) is 0 Å². The number of nitrogens with zero attached hydrogens (tertiary/aromatic N) is 1. The smallest absolute Gasteiger partial charge is 0.0514 e. The molecular weight excluding hydrogens is 459 g/mol. The van der Waals surface area contributed by atoms with Crippen LogP contribution in [0.5, 0.6) is 0 Å². The summed E-state index contributed by atoms with van der Waals surface area (Å²) in [4.78, 5) is 4.43. The summed E-state index contributed by atoms with van der Waals surface area (Å²) in [5.74, 6) is 1.20. The fourth-order valence-electron chi connectivity index (χ4n) is 5.78. The number of aliphatic imine (C=N–C) groups is 1. The van der Waals surface area contributed by atoms with Crippen LogP contribution in [-0.2, 0) is 0 Å². The second kappa shape index (κ2) is 12.1. The van der Waals surface area contributed by atoms with Crippen LogP contribution < -0.4 is 5.32 Å². The van der Waals surface area contributed by atoms with E-state index in [0.29, 0.717) is 17.9 Å². The minimum atomic E-state index is 0.284. The van der Waals surface area contributed by atoms with Crippen LogP contribution in [0.25, 0.3) is 0 Å². The van der Waals surface area contributed by atoms with E-state index in [1.165, 1.54) is 36.9 Å². The third-order valence-corrected chi connectivity index (χ3v) is 8.16. The highest BCUT2D eigenvalue weighted by atomic mass is 35.5. The largest absolute Gasteiger partial charge is 0.386 e. The van der Waals surface area contributed by atoms with E-state index in [1.807, 2.05) is 50.4 Å². The zero-order valence-corrected chi connectivity index (χ0v) is 22.5. The van der Waals surface area contributed by atoms with Gasteiger partial charge >= 0.3 is 0 Å². The number of fused-ring (bicyclic) bond motifs is 1. The van der Waals surface area contributed by atoms with E-state index < -0.39 is 0 Å². The summed E-state index contributed by atoms with van der Waals surface area (Å²) >= 11 is 12.2. The normalized spacial score (nSPS) is 26.9. The van der Waals surface area contributed by atoms with Gasteiger partial charge in [0, 0.05) is 39.8 Å². The van der Waals surface area contributed by atoms with Crippen molar-refractivity contribution in [3.63, 3.8) is 0 Å². The van der Waals surface area contributed by atoms with Gasteiger partial charge < -0.3 is 5.32 Å². The van der Waals surface area contributed by atoms with Gasteiger partial charge in [0.05, 0.1) is 5.71 Å². The Bertz CT molecular complexity index is 1030. The Balaban J connectivity index is 0.000000306. The van der Waals surface area contributed by atoms with Crippen molar-refractivity contribution >= 4 is 28.9 Å². The van der Waals surface area contributed by atoms with E-state index in [4.69, 9.17) is 23.2 Å². The summed E-state index contributed by atoms with van der Waals surface area (Å²) in [5, 5.41) is 5.33. The first-order valence-corrected chi connectivity index (χ1v) is 13.4. The van der Waals surface area contributed by atoms with Crippen LogP contribution in [0.2, 0.25) is 10.0 Å². The van der Waals surface area contributed by atoms with Crippen molar-refractivity contribution in [3.05, 3.63) is 94.3 Å². The summed E-state index contributed by atoms with van der Waals surface area (Å²) in [6.07, 6.45) is 9.66. The lowest BCUT2D eigenvalue weighted by Gasteiger charge is -2.43. The van der Waals surface area contributed by atoms with Gasteiger partial charge in [0.2, 0.25) is 0 Å². The maximum absolute atomic E-state index is 6.71. The first kappa shape index (κ1) is 26.6. The SMILES string of the molecule is C=C1NC(C)C2CC(c3ccc(C4=NC=CC4)cc3Cl)CCC12CC.CC.Clc1ccccc1. The molecule has 0 aromatic heterocycles. The number of rotatable bonds is 3. The lowest BCUT2D eigenvalue weighted by atomic mass is 9.60. The van der Waals surface area contributed by atoms with E-state index in [-0.39, 0.29) is 5.41 Å². The molecular formula is C30H38Cl2N2. The molecule has 2 heterocycles. The van der Waals surface area contributed by atoms with Gasteiger partial charge in [-0.15, -0.1) is 0 Å². The van der Waals surface area contributed by atoms with Gasteiger partial charge in [-0.3, -0.25) is 4.99 Å². The predicted octanol–water partition coefficient (Wildman–Crippen LogP) is 9.20. The average molecular weight is 498 g/mol. The molecule has 0 spiro atoms. The third kappa shape index (κ3) is 5.61. The molecule has 3 aliphatic rings. The Hall–Kier alpha value is -2.03. The lowest BCUT2D eigenvalue weighted by Crippen LogP contribution is -2.36. The van der Waals surface area contributed by atoms with E-state index in [9.17, 15) is 0 Å². The summed E-state index contributed by atoms with van der Waals surface area (Å²) < 4.78 is 0. The van der Waals surface area contributed by atoms with Crippen molar-refractivity contribution in [2.24, 2.45) is 16.3 Å². The standard InChI is InChI=1S/C22H27ClN2.C6H5Cl.C2H6/c1-4-22-10-9-16(12-19(22)14(2)25-15(22)3)18-8-7-17(13-20(18)23)21-6-5-11-24-21;7-6-4-2-1-3-5-6;1-2/h5,7-8,11,13-14,16,19,25H,3-4,6,9-10,12H2,1-2H3;1-5H;1-2H3. The average Bonchev–Trinajstić information content (AvgIpc) is 3.48. The molecule has 2 aliphatic heterocycles. The summed E-state index contributed by atoms with van der Waals surface area (Å²) in [6, 6.07) is 16.5. The van der Waals surface area contributed by atoms with Gasteiger partial charge in [0.15, 0.2) is 0 Å². The van der Waals surface area contributed by atoms with E-state index in [1.54, 1.807) is 0 Å². The van der Waals surface area contributed by atoms with Crippen LogP contribution in [0.4, 0.5) is 0 Å². The quantitative estimate of drug-likeness (QED) is 0.449. The number of benzene rings is 2. The molecule has 0 bridgehead atoms. The maximum atomic E-state index is 6.71. The van der Waals surface area contributed by atoms with Crippen molar-refractivity contribution in [1.82, 2.24) is 5.32 Å². The molecule has 1 aliphatic carbocycles. The molecule has 0 radical (unpaired) electrons. The molecule has 2 nitrogen and oxygen atoms in total. The van der Waals surface area contributed by atoms with Crippen LogP contribution >= 0.6 is 23.2 Å². The van der Waals surface area contributed by atoms with E-state index >= 15 is 0 Å². The number of hydrogen-bond donors (Lipinski definition) is 1. The first-order chi connectivity index (χ1) is 16.4. The second-order valence-electron chi connectivity index (χ2n) is 9.20. The number of allylic oxidation sites excluding steroid dienone is 2. The zero-order valence-electron chi connectivity index (χ0n) is 21.0. The highest BCUT2D eigenvalue weighted by Crippen LogP contribution is 2.57. The Morgan fingerprint density at radius 1 is 1.12 bits per heavy atom. The predicted molar refractivity (Wildman–Crippen MR) is 149 cm³/mol. The van der Waals surface area contributed by atoms with E-state index in [0.717, 1.165) is 27.7 Å². The summed E-state index contributed by atoms with van der Waals surface area (Å²) in [6.45, 7) is 13.0. The number of nitrogens with one attached hydrogen (secondary N) is 1. The molecule has 1 N–H and O–H groups in total. The molecule has 4 unspecified atom stereocenters. The van der Waals surface area contributed by atoms with Crippen molar-refractivity contribution < 1.29 is 0 Å². The Morgan fingerprint density at radius 3 is 2.41 bits per heavy atom. The van der Waals surface area contributed by atoms with Crippen LogP contribution in [-0.4, -0.2) is 11.8 Å². The monoisotopic (exact) mass is 496 g/mol. The topological polar surface area (TPSA) is 24.4 Å². The van der Waals surface area contributed by atoms with Crippen molar-refractivity contribution in [3.8, 4) is 0 Å². The highest BCUT2D eigenvalue weighted by Gasteiger charge is 2.51. The van der Waals surface area contributed by atoms with Crippen LogP contribution in [0.3, 0.4) is 0 Å². The lowest BCUT2D eigenvalue weighted by molar-refractivity contribution is 0.135. The Kier molecular flexibility index (Phi) is 9.45. The highest BCUT2D eigenvalue weighted by molar-refractivity contribution is 6.32. The minimum Gasteiger partial charge on any atom is -0.386 e. The second-order valence-corrected chi connectivity index (χ2v) is 10.0.